The highest BCUT2D eigenvalue weighted by molar-refractivity contribution is 7.80. The SMILES string of the molecule is COc1ccc(Cl)cc1NC(=S)Nc1ccc([N+](=O)[O-])cc1C(F)(F)F. The zero-order valence-electron chi connectivity index (χ0n) is 13.1. The maximum Gasteiger partial charge on any atom is 0.418 e. The van der Waals surface area contributed by atoms with Crippen molar-refractivity contribution in [1.82, 2.24) is 0 Å². The van der Waals surface area contributed by atoms with Gasteiger partial charge in [-0.1, -0.05) is 11.6 Å². The van der Waals surface area contributed by atoms with Crippen molar-refractivity contribution in [3.05, 3.63) is 57.1 Å². The Kier molecular flexibility index (Phi) is 5.88. The predicted octanol–water partition coefficient (Wildman–Crippen LogP) is 5.08. The van der Waals surface area contributed by atoms with Gasteiger partial charge in [-0.25, -0.2) is 0 Å². The summed E-state index contributed by atoms with van der Waals surface area (Å²) in [6.07, 6.45) is -4.81. The van der Waals surface area contributed by atoms with Crippen LogP contribution in [0.15, 0.2) is 36.4 Å². The summed E-state index contributed by atoms with van der Waals surface area (Å²) in [5.74, 6) is 0.373. The van der Waals surface area contributed by atoms with Gasteiger partial charge in [0.1, 0.15) is 5.75 Å². The smallest absolute Gasteiger partial charge is 0.418 e. The van der Waals surface area contributed by atoms with Gasteiger partial charge in [-0.2, -0.15) is 13.2 Å². The molecule has 0 atom stereocenters. The third-order valence-corrected chi connectivity index (χ3v) is 3.62. The fraction of sp³-hybridized carbons (Fsp3) is 0.133. The molecular weight excluding hydrogens is 395 g/mol. The first-order valence-corrected chi connectivity index (χ1v) is 7.67. The highest BCUT2D eigenvalue weighted by atomic mass is 35.5. The van der Waals surface area contributed by atoms with E-state index in [-0.39, 0.29) is 5.11 Å². The van der Waals surface area contributed by atoms with Crippen molar-refractivity contribution in [2.75, 3.05) is 17.7 Å². The van der Waals surface area contributed by atoms with Crippen LogP contribution in [0, 0.1) is 10.1 Å². The molecule has 0 aromatic heterocycles. The molecular formula is C15H11ClF3N3O3S. The molecule has 0 aliphatic rings. The zero-order chi connectivity index (χ0) is 19.5. The first-order chi connectivity index (χ1) is 12.1. The van der Waals surface area contributed by atoms with Crippen LogP contribution >= 0.6 is 23.8 Å². The summed E-state index contributed by atoms with van der Waals surface area (Å²) in [6.45, 7) is 0. The number of anilines is 2. The first kappa shape index (κ1) is 19.7. The average molecular weight is 406 g/mol. The second kappa shape index (κ2) is 7.75. The summed E-state index contributed by atoms with van der Waals surface area (Å²) in [5, 5.41) is 16.0. The molecule has 0 aliphatic carbocycles. The molecule has 0 fully saturated rings. The molecule has 0 amide bonds. The van der Waals surface area contributed by atoms with E-state index in [0.29, 0.717) is 22.5 Å². The number of nitrogens with zero attached hydrogens (tertiary/aromatic N) is 1. The minimum Gasteiger partial charge on any atom is -0.495 e. The number of rotatable bonds is 4. The molecule has 2 rings (SSSR count). The molecule has 11 heteroatoms. The van der Waals surface area contributed by atoms with E-state index in [2.05, 4.69) is 10.6 Å². The van der Waals surface area contributed by atoms with Gasteiger partial charge in [0.2, 0.25) is 0 Å². The lowest BCUT2D eigenvalue weighted by Crippen LogP contribution is -2.22. The van der Waals surface area contributed by atoms with Crippen LogP contribution in [-0.4, -0.2) is 17.1 Å². The van der Waals surface area contributed by atoms with E-state index in [1.54, 1.807) is 12.1 Å². The molecule has 0 unspecified atom stereocenters. The van der Waals surface area contributed by atoms with Gasteiger partial charge in [0, 0.05) is 17.2 Å². The number of halogens is 4. The Hall–Kier alpha value is -2.59. The molecule has 6 nitrogen and oxygen atoms in total. The number of hydrogen-bond acceptors (Lipinski definition) is 4. The Balaban J connectivity index is 2.29. The zero-order valence-corrected chi connectivity index (χ0v) is 14.6. The van der Waals surface area contributed by atoms with Crippen LogP contribution in [0.3, 0.4) is 0 Å². The van der Waals surface area contributed by atoms with Crippen LogP contribution in [0.5, 0.6) is 5.75 Å². The molecule has 0 aliphatic heterocycles. The van der Waals surface area contributed by atoms with E-state index in [1.807, 2.05) is 0 Å². The van der Waals surface area contributed by atoms with Gasteiger partial charge in [0.15, 0.2) is 5.11 Å². The normalized spacial score (nSPS) is 11.0. The fourth-order valence-electron chi connectivity index (χ4n) is 2.04. The number of hydrogen-bond donors (Lipinski definition) is 2. The Morgan fingerprint density at radius 1 is 1.19 bits per heavy atom. The fourth-order valence-corrected chi connectivity index (χ4v) is 2.44. The van der Waals surface area contributed by atoms with Gasteiger partial charge >= 0.3 is 6.18 Å². The molecule has 0 radical (unpaired) electrons. The number of nitrogens with one attached hydrogen (secondary N) is 2. The van der Waals surface area contributed by atoms with Crippen molar-refractivity contribution in [2.45, 2.75) is 6.18 Å². The molecule has 0 heterocycles. The third-order valence-electron chi connectivity index (χ3n) is 3.18. The number of nitro benzene ring substituents is 1. The Labute approximate surface area is 156 Å². The van der Waals surface area contributed by atoms with E-state index >= 15 is 0 Å². The van der Waals surface area contributed by atoms with E-state index in [4.69, 9.17) is 28.6 Å². The van der Waals surface area contributed by atoms with Gasteiger partial charge in [0.25, 0.3) is 5.69 Å². The Bertz CT molecular complexity index is 862. The molecule has 0 saturated heterocycles. The van der Waals surface area contributed by atoms with Gasteiger partial charge in [-0.05, 0) is 36.5 Å². The highest BCUT2D eigenvalue weighted by Gasteiger charge is 2.35. The molecule has 0 spiro atoms. The largest absolute Gasteiger partial charge is 0.495 e. The quantitative estimate of drug-likeness (QED) is 0.419. The number of nitro groups is 1. The van der Waals surface area contributed by atoms with Crippen molar-refractivity contribution >= 4 is 46.0 Å². The van der Waals surface area contributed by atoms with Crippen molar-refractivity contribution in [2.24, 2.45) is 0 Å². The van der Waals surface area contributed by atoms with Crippen LogP contribution in [0.1, 0.15) is 5.56 Å². The maximum absolute atomic E-state index is 13.2. The molecule has 2 N–H and O–H groups in total. The van der Waals surface area contributed by atoms with Crippen LogP contribution in [-0.2, 0) is 6.18 Å². The van der Waals surface area contributed by atoms with Crippen LogP contribution < -0.4 is 15.4 Å². The summed E-state index contributed by atoms with van der Waals surface area (Å²) >= 11 is 10.9. The number of methoxy groups -OCH3 is 1. The first-order valence-electron chi connectivity index (χ1n) is 6.89. The van der Waals surface area contributed by atoms with Crippen LogP contribution in [0.25, 0.3) is 0 Å². The van der Waals surface area contributed by atoms with Crippen molar-refractivity contribution in [3.8, 4) is 5.75 Å². The van der Waals surface area contributed by atoms with E-state index < -0.39 is 28.0 Å². The lowest BCUT2D eigenvalue weighted by molar-refractivity contribution is -0.385. The topological polar surface area (TPSA) is 76.4 Å². The molecule has 26 heavy (non-hydrogen) atoms. The van der Waals surface area contributed by atoms with E-state index in [0.717, 1.165) is 12.1 Å². The van der Waals surface area contributed by atoms with Crippen molar-refractivity contribution in [1.29, 1.82) is 0 Å². The van der Waals surface area contributed by atoms with Crippen LogP contribution in [0.4, 0.5) is 30.2 Å². The minimum atomic E-state index is -4.81. The Morgan fingerprint density at radius 3 is 2.42 bits per heavy atom. The molecule has 2 aromatic carbocycles. The molecule has 0 saturated carbocycles. The number of thiocarbonyl (C=S) groups is 1. The van der Waals surface area contributed by atoms with Gasteiger partial charge in [0.05, 0.1) is 29.0 Å². The summed E-state index contributed by atoms with van der Waals surface area (Å²) in [6, 6.07) is 6.92. The number of benzene rings is 2. The second-order valence-corrected chi connectivity index (χ2v) is 5.75. The number of non-ortho nitro benzene ring substituents is 1. The standard InChI is InChI=1S/C15H11ClF3N3O3S/c1-25-13-5-2-8(16)6-12(13)21-14(26)20-11-4-3-9(22(23)24)7-10(11)15(17,18)19/h2-7H,1H3,(H2,20,21,26). The third kappa shape index (κ3) is 4.73. The summed E-state index contributed by atoms with van der Waals surface area (Å²) in [5.41, 5.74) is -1.98. The number of alkyl halides is 3. The molecule has 0 bridgehead atoms. The maximum atomic E-state index is 13.2. The molecule has 2 aromatic rings. The predicted molar refractivity (Wildman–Crippen MR) is 95.9 cm³/mol. The van der Waals surface area contributed by atoms with Crippen molar-refractivity contribution < 1.29 is 22.8 Å². The van der Waals surface area contributed by atoms with E-state index in [1.165, 1.54) is 13.2 Å². The summed E-state index contributed by atoms with van der Waals surface area (Å²) in [4.78, 5) is 9.80. The van der Waals surface area contributed by atoms with Gasteiger partial charge in [-0.3, -0.25) is 10.1 Å². The summed E-state index contributed by atoms with van der Waals surface area (Å²) in [7, 11) is 1.41. The average Bonchev–Trinajstić information content (AvgIpc) is 2.54. The monoisotopic (exact) mass is 405 g/mol. The lowest BCUT2D eigenvalue weighted by Gasteiger charge is -2.17. The second-order valence-electron chi connectivity index (χ2n) is 4.91. The van der Waals surface area contributed by atoms with Gasteiger partial charge in [-0.15, -0.1) is 0 Å². The highest BCUT2D eigenvalue weighted by Crippen LogP contribution is 2.37. The molecule has 138 valence electrons. The Morgan fingerprint density at radius 2 is 1.85 bits per heavy atom. The van der Waals surface area contributed by atoms with Gasteiger partial charge < -0.3 is 15.4 Å². The lowest BCUT2D eigenvalue weighted by atomic mass is 10.1. The van der Waals surface area contributed by atoms with E-state index in [9.17, 15) is 23.3 Å². The van der Waals surface area contributed by atoms with Crippen molar-refractivity contribution in [3.63, 3.8) is 0 Å². The van der Waals surface area contributed by atoms with Crippen LogP contribution in [0.2, 0.25) is 5.02 Å². The minimum absolute atomic E-state index is 0.176. The summed E-state index contributed by atoms with van der Waals surface area (Å²) < 4.78 is 44.6. The number of ether oxygens (including phenoxy) is 1.